The molecule has 1 aromatic carbocycles. The summed E-state index contributed by atoms with van der Waals surface area (Å²) in [6, 6.07) is 11.0. The van der Waals surface area contributed by atoms with Crippen LogP contribution in [-0.4, -0.2) is 27.6 Å². The van der Waals surface area contributed by atoms with E-state index in [0.717, 1.165) is 5.56 Å². The first-order valence-electron chi connectivity index (χ1n) is 7.92. The SMILES string of the molecule is CCN(Cc1ccc2c(c1)OCO2)c1nc2ccccn2c1[N+](=O)[O-]. The van der Waals surface area contributed by atoms with E-state index >= 15 is 0 Å². The molecule has 0 aliphatic carbocycles. The molecule has 3 aromatic rings. The van der Waals surface area contributed by atoms with Crippen molar-refractivity contribution in [1.29, 1.82) is 0 Å². The summed E-state index contributed by atoms with van der Waals surface area (Å²) in [6.45, 7) is 3.23. The first-order chi connectivity index (χ1) is 12.2. The normalized spacial score (nSPS) is 12.5. The minimum atomic E-state index is -0.391. The predicted octanol–water partition coefficient (Wildman–Crippen LogP) is 3.00. The van der Waals surface area contributed by atoms with Crippen molar-refractivity contribution in [2.75, 3.05) is 18.2 Å². The zero-order chi connectivity index (χ0) is 17.4. The van der Waals surface area contributed by atoms with Crippen molar-refractivity contribution < 1.29 is 14.4 Å². The van der Waals surface area contributed by atoms with Gasteiger partial charge in [-0.1, -0.05) is 12.1 Å². The van der Waals surface area contributed by atoms with Gasteiger partial charge in [0.1, 0.15) is 0 Å². The molecule has 0 N–H and O–H groups in total. The number of anilines is 1. The summed E-state index contributed by atoms with van der Waals surface area (Å²) in [5.41, 5.74) is 1.52. The summed E-state index contributed by atoms with van der Waals surface area (Å²) >= 11 is 0. The van der Waals surface area contributed by atoms with E-state index in [1.807, 2.05) is 36.1 Å². The van der Waals surface area contributed by atoms with Gasteiger partial charge in [0.05, 0.1) is 6.20 Å². The minimum absolute atomic E-state index is 0.0295. The van der Waals surface area contributed by atoms with Crippen LogP contribution < -0.4 is 14.4 Å². The van der Waals surface area contributed by atoms with Gasteiger partial charge in [0, 0.05) is 19.2 Å². The van der Waals surface area contributed by atoms with Gasteiger partial charge in [-0.25, -0.2) is 0 Å². The second kappa shape index (κ2) is 5.97. The van der Waals surface area contributed by atoms with E-state index in [0.29, 0.717) is 36.1 Å². The molecule has 2 aromatic heterocycles. The topological polar surface area (TPSA) is 82.1 Å². The largest absolute Gasteiger partial charge is 0.454 e. The number of imidazole rings is 1. The summed E-state index contributed by atoms with van der Waals surface area (Å²) in [5, 5.41) is 11.6. The van der Waals surface area contributed by atoms with Gasteiger partial charge in [-0.2, -0.15) is 9.38 Å². The van der Waals surface area contributed by atoms with Gasteiger partial charge in [-0.05, 0) is 35.6 Å². The third kappa shape index (κ3) is 2.61. The number of benzene rings is 1. The van der Waals surface area contributed by atoms with E-state index in [2.05, 4.69) is 4.98 Å². The van der Waals surface area contributed by atoms with Crippen LogP contribution in [0.2, 0.25) is 0 Å². The summed E-state index contributed by atoms with van der Waals surface area (Å²) in [4.78, 5) is 17.6. The maximum atomic E-state index is 11.6. The van der Waals surface area contributed by atoms with Gasteiger partial charge in [-0.3, -0.25) is 0 Å². The number of ether oxygens (including phenoxy) is 2. The maximum absolute atomic E-state index is 11.6. The molecule has 3 heterocycles. The third-order valence-corrected chi connectivity index (χ3v) is 4.15. The van der Waals surface area contributed by atoms with Crippen LogP contribution in [0.3, 0.4) is 0 Å². The lowest BCUT2D eigenvalue weighted by Gasteiger charge is -2.20. The summed E-state index contributed by atoms with van der Waals surface area (Å²) in [5.74, 6) is 1.73. The highest BCUT2D eigenvalue weighted by Crippen LogP contribution is 2.34. The van der Waals surface area contributed by atoms with Crippen LogP contribution in [0.1, 0.15) is 12.5 Å². The fourth-order valence-electron chi connectivity index (χ4n) is 2.95. The number of aromatic nitrogens is 2. The minimum Gasteiger partial charge on any atom is -0.454 e. The van der Waals surface area contributed by atoms with E-state index in [9.17, 15) is 10.1 Å². The second-order valence-corrected chi connectivity index (χ2v) is 5.65. The molecule has 0 amide bonds. The Kier molecular flexibility index (Phi) is 3.64. The maximum Gasteiger partial charge on any atom is 0.372 e. The number of hydrogen-bond donors (Lipinski definition) is 0. The Morgan fingerprint density at radius 2 is 2.12 bits per heavy atom. The van der Waals surface area contributed by atoms with Crippen LogP contribution in [0.25, 0.3) is 5.65 Å². The highest BCUT2D eigenvalue weighted by molar-refractivity contribution is 5.63. The first kappa shape index (κ1) is 15.3. The fourth-order valence-corrected chi connectivity index (χ4v) is 2.95. The summed E-state index contributed by atoms with van der Waals surface area (Å²) in [7, 11) is 0. The van der Waals surface area contributed by atoms with E-state index in [1.165, 1.54) is 4.40 Å². The molecule has 1 aliphatic rings. The van der Waals surface area contributed by atoms with Crippen molar-refractivity contribution >= 4 is 17.3 Å². The molecule has 1 aliphatic heterocycles. The van der Waals surface area contributed by atoms with Gasteiger partial charge >= 0.3 is 5.82 Å². The van der Waals surface area contributed by atoms with Crippen LogP contribution in [0.4, 0.5) is 11.6 Å². The van der Waals surface area contributed by atoms with Gasteiger partial charge in [-0.15, -0.1) is 0 Å². The van der Waals surface area contributed by atoms with Crippen LogP contribution >= 0.6 is 0 Å². The van der Waals surface area contributed by atoms with Crippen LogP contribution in [-0.2, 0) is 6.54 Å². The molecule has 0 unspecified atom stereocenters. The molecule has 0 radical (unpaired) electrons. The van der Waals surface area contributed by atoms with Crippen molar-refractivity contribution in [3.63, 3.8) is 0 Å². The molecule has 0 fully saturated rings. The average molecular weight is 340 g/mol. The fraction of sp³-hybridized carbons (Fsp3) is 0.235. The zero-order valence-electron chi connectivity index (χ0n) is 13.6. The number of nitrogens with zero attached hydrogens (tertiary/aromatic N) is 4. The van der Waals surface area contributed by atoms with Gasteiger partial charge in [0.2, 0.25) is 18.3 Å². The Morgan fingerprint density at radius 1 is 1.28 bits per heavy atom. The van der Waals surface area contributed by atoms with Crippen molar-refractivity contribution in [2.24, 2.45) is 0 Å². The Balaban J connectivity index is 1.73. The highest BCUT2D eigenvalue weighted by Gasteiger charge is 2.26. The molecule has 128 valence electrons. The molecule has 4 rings (SSSR count). The van der Waals surface area contributed by atoms with E-state index in [-0.39, 0.29) is 12.6 Å². The lowest BCUT2D eigenvalue weighted by Crippen LogP contribution is -2.23. The molecule has 8 nitrogen and oxygen atoms in total. The quantitative estimate of drug-likeness (QED) is 0.524. The number of rotatable bonds is 5. The van der Waals surface area contributed by atoms with E-state index in [1.54, 1.807) is 18.3 Å². The second-order valence-electron chi connectivity index (χ2n) is 5.65. The molecule has 0 spiro atoms. The molecule has 0 saturated carbocycles. The molecular formula is C17H16N4O4. The zero-order valence-corrected chi connectivity index (χ0v) is 13.6. The lowest BCUT2D eigenvalue weighted by molar-refractivity contribution is -0.389. The van der Waals surface area contributed by atoms with Gasteiger partial charge < -0.3 is 24.5 Å². The Bertz CT molecular complexity index is 953. The number of hydrogen-bond acceptors (Lipinski definition) is 6. The molecule has 0 atom stereocenters. The first-order valence-corrected chi connectivity index (χ1v) is 7.92. The van der Waals surface area contributed by atoms with E-state index in [4.69, 9.17) is 9.47 Å². The Hall–Kier alpha value is -3.29. The third-order valence-electron chi connectivity index (χ3n) is 4.15. The standard InChI is InChI=1S/C17H16N4O4/c1-2-19(10-12-6-7-13-14(9-12)25-11-24-13)16-17(21(22)23)20-8-4-3-5-15(20)18-16/h3-9H,2,10-11H2,1H3. The molecular weight excluding hydrogens is 324 g/mol. The summed E-state index contributed by atoms with van der Waals surface area (Å²) in [6.07, 6.45) is 1.65. The van der Waals surface area contributed by atoms with Crippen LogP contribution in [0.15, 0.2) is 42.6 Å². The lowest BCUT2D eigenvalue weighted by atomic mass is 10.2. The molecule has 0 saturated heterocycles. The van der Waals surface area contributed by atoms with Crippen molar-refractivity contribution in [3.8, 4) is 11.5 Å². The monoisotopic (exact) mass is 340 g/mol. The Morgan fingerprint density at radius 3 is 2.92 bits per heavy atom. The summed E-state index contributed by atoms with van der Waals surface area (Å²) < 4.78 is 12.2. The van der Waals surface area contributed by atoms with Gasteiger partial charge in [0.25, 0.3) is 0 Å². The number of fused-ring (bicyclic) bond motifs is 2. The van der Waals surface area contributed by atoms with Crippen molar-refractivity contribution in [3.05, 3.63) is 58.3 Å². The number of nitro groups is 1. The molecule has 8 heteroatoms. The Labute approximate surface area is 143 Å². The predicted molar refractivity (Wildman–Crippen MR) is 91.1 cm³/mol. The van der Waals surface area contributed by atoms with Crippen molar-refractivity contribution in [2.45, 2.75) is 13.5 Å². The van der Waals surface area contributed by atoms with E-state index < -0.39 is 4.92 Å². The highest BCUT2D eigenvalue weighted by atomic mass is 16.7. The molecule has 25 heavy (non-hydrogen) atoms. The van der Waals surface area contributed by atoms with Crippen LogP contribution in [0, 0.1) is 10.1 Å². The van der Waals surface area contributed by atoms with Crippen LogP contribution in [0.5, 0.6) is 11.5 Å². The number of pyridine rings is 1. The molecule has 0 bridgehead atoms. The smallest absolute Gasteiger partial charge is 0.372 e. The van der Waals surface area contributed by atoms with Gasteiger partial charge in [0.15, 0.2) is 11.5 Å². The van der Waals surface area contributed by atoms with Crippen molar-refractivity contribution in [1.82, 2.24) is 9.38 Å². The average Bonchev–Trinajstić information content (AvgIpc) is 3.23.